The summed E-state index contributed by atoms with van der Waals surface area (Å²) in [6, 6.07) is 8.87. The molecule has 1 amide bonds. The van der Waals surface area contributed by atoms with E-state index < -0.39 is 5.91 Å². The molecule has 0 radical (unpaired) electrons. The number of benzene rings is 1. The lowest BCUT2D eigenvalue weighted by atomic mass is 10.1. The van der Waals surface area contributed by atoms with Crippen LogP contribution in [0.1, 0.15) is 10.5 Å². The number of nitrogens with one attached hydrogen (secondary N) is 1. The fourth-order valence-corrected chi connectivity index (χ4v) is 1.79. The molecule has 98 valence electrons. The third kappa shape index (κ3) is 2.24. The van der Waals surface area contributed by atoms with E-state index in [0.29, 0.717) is 11.2 Å². The number of hydrogen-bond acceptors (Lipinski definition) is 6. The Morgan fingerprint density at radius 3 is 2.85 bits per heavy atom. The van der Waals surface area contributed by atoms with Crippen LogP contribution in [-0.2, 0) is 0 Å². The van der Waals surface area contributed by atoms with Gasteiger partial charge >= 0.3 is 0 Å². The fourth-order valence-electron chi connectivity index (χ4n) is 1.79. The molecule has 1 aromatic carbocycles. The number of nitrogen functional groups attached to an aromatic ring is 1. The average Bonchev–Trinajstić information content (AvgIpc) is 2.48. The number of fused-ring (bicyclic) bond motifs is 1. The van der Waals surface area contributed by atoms with Crippen molar-refractivity contribution in [3.63, 3.8) is 0 Å². The van der Waals surface area contributed by atoms with Crippen molar-refractivity contribution in [1.82, 2.24) is 20.2 Å². The van der Waals surface area contributed by atoms with Crippen molar-refractivity contribution < 1.29 is 4.79 Å². The standard InChI is InChI=1S/C13H10N6O/c14-9-7-11(17-10-4-2-1-3-8(9)10)12(20)18-13-15-5-6-16-19-13/h1-7H,(H2,14,17)(H,15,18,19,20). The fraction of sp³-hybridized carbons (Fsp3) is 0. The number of amides is 1. The summed E-state index contributed by atoms with van der Waals surface area (Å²) in [4.78, 5) is 20.2. The van der Waals surface area contributed by atoms with Gasteiger partial charge in [0.15, 0.2) is 0 Å². The van der Waals surface area contributed by atoms with Crippen LogP contribution in [0.5, 0.6) is 0 Å². The predicted octanol–water partition coefficient (Wildman–Crippen LogP) is 1.25. The average molecular weight is 266 g/mol. The van der Waals surface area contributed by atoms with Crippen LogP contribution in [-0.4, -0.2) is 26.1 Å². The van der Waals surface area contributed by atoms with E-state index in [-0.39, 0.29) is 11.6 Å². The van der Waals surface area contributed by atoms with Gasteiger partial charge in [0.2, 0.25) is 5.95 Å². The maximum Gasteiger partial charge on any atom is 0.276 e. The maximum atomic E-state index is 12.1. The first kappa shape index (κ1) is 12.0. The second kappa shape index (κ2) is 4.88. The van der Waals surface area contributed by atoms with E-state index >= 15 is 0 Å². The minimum atomic E-state index is -0.435. The predicted molar refractivity (Wildman–Crippen MR) is 73.9 cm³/mol. The summed E-state index contributed by atoms with van der Waals surface area (Å²) >= 11 is 0. The lowest BCUT2D eigenvalue weighted by Gasteiger charge is -2.06. The number of carbonyl (C=O) groups is 1. The van der Waals surface area contributed by atoms with Crippen LogP contribution >= 0.6 is 0 Å². The summed E-state index contributed by atoms with van der Waals surface area (Å²) in [5, 5.41) is 10.6. The molecule has 0 bridgehead atoms. The van der Waals surface area contributed by atoms with E-state index in [0.717, 1.165) is 5.39 Å². The molecule has 3 aromatic rings. The lowest BCUT2D eigenvalue weighted by Crippen LogP contribution is -2.16. The number of nitrogens with two attached hydrogens (primary N) is 1. The number of anilines is 2. The monoisotopic (exact) mass is 266 g/mol. The van der Waals surface area contributed by atoms with E-state index in [1.54, 1.807) is 6.07 Å². The smallest absolute Gasteiger partial charge is 0.276 e. The van der Waals surface area contributed by atoms with Crippen LogP contribution in [0.4, 0.5) is 11.6 Å². The molecule has 0 spiro atoms. The van der Waals surface area contributed by atoms with E-state index in [4.69, 9.17) is 5.73 Å². The summed E-state index contributed by atoms with van der Waals surface area (Å²) in [6.45, 7) is 0. The van der Waals surface area contributed by atoms with Gasteiger partial charge in [-0.05, 0) is 12.1 Å². The van der Waals surface area contributed by atoms with Gasteiger partial charge in [-0.2, -0.15) is 5.10 Å². The molecule has 0 unspecified atom stereocenters. The van der Waals surface area contributed by atoms with E-state index in [1.807, 2.05) is 18.2 Å². The van der Waals surface area contributed by atoms with Crippen molar-refractivity contribution in [2.24, 2.45) is 0 Å². The first-order chi connectivity index (χ1) is 9.74. The number of pyridine rings is 1. The Kier molecular flexibility index (Phi) is 2.92. The first-order valence-electron chi connectivity index (χ1n) is 5.84. The Balaban J connectivity index is 1.96. The molecule has 20 heavy (non-hydrogen) atoms. The largest absolute Gasteiger partial charge is 0.398 e. The summed E-state index contributed by atoms with van der Waals surface area (Å²) in [6.07, 6.45) is 2.85. The third-order valence-corrected chi connectivity index (χ3v) is 2.69. The molecule has 0 aliphatic rings. The van der Waals surface area contributed by atoms with Crippen LogP contribution in [0, 0.1) is 0 Å². The number of rotatable bonds is 2. The van der Waals surface area contributed by atoms with Crippen LogP contribution in [0.15, 0.2) is 42.7 Å². The highest BCUT2D eigenvalue weighted by molar-refractivity contribution is 6.05. The van der Waals surface area contributed by atoms with Crippen LogP contribution < -0.4 is 11.1 Å². The van der Waals surface area contributed by atoms with Crippen LogP contribution in [0.3, 0.4) is 0 Å². The number of nitrogens with zero attached hydrogens (tertiary/aromatic N) is 4. The topological polar surface area (TPSA) is 107 Å². The number of carbonyl (C=O) groups excluding carboxylic acids is 1. The Morgan fingerprint density at radius 1 is 1.20 bits per heavy atom. The molecule has 3 rings (SSSR count). The minimum Gasteiger partial charge on any atom is -0.398 e. The molecule has 0 aliphatic heterocycles. The Hall–Kier alpha value is -3.09. The van der Waals surface area contributed by atoms with Crippen molar-refractivity contribution in [2.75, 3.05) is 11.1 Å². The van der Waals surface area contributed by atoms with Crippen LogP contribution in [0.2, 0.25) is 0 Å². The van der Waals surface area contributed by atoms with Crippen molar-refractivity contribution >= 4 is 28.4 Å². The van der Waals surface area contributed by atoms with Gasteiger partial charge in [0.25, 0.3) is 5.91 Å². The molecule has 0 fully saturated rings. The molecule has 3 N–H and O–H groups in total. The van der Waals surface area contributed by atoms with Crippen molar-refractivity contribution in [1.29, 1.82) is 0 Å². The normalized spacial score (nSPS) is 10.4. The van der Waals surface area contributed by atoms with Gasteiger partial charge in [0.05, 0.1) is 17.9 Å². The van der Waals surface area contributed by atoms with Crippen LogP contribution in [0.25, 0.3) is 10.9 Å². The Morgan fingerprint density at radius 2 is 2.05 bits per heavy atom. The summed E-state index contributed by atoms with van der Waals surface area (Å²) in [5.41, 5.74) is 7.28. The molecule has 2 aromatic heterocycles. The van der Waals surface area contributed by atoms with Gasteiger partial charge in [0.1, 0.15) is 5.69 Å². The molecule has 0 atom stereocenters. The molecular formula is C13H10N6O. The second-order valence-corrected chi connectivity index (χ2v) is 4.03. The van der Waals surface area contributed by atoms with Crippen molar-refractivity contribution in [3.05, 3.63) is 48.4 Å². The SMILES string of the molecule is Nc1cc(C(=O)Nc2nccnn2)nc2ccccc12. The first-order valence-corrected chi connectivity index (χ1v) is 5.84. The Bertz CT molecular complexity index is 774. The van der Waals surface area contributed by atoms with Crippen molar-refractivity contribution in [3.8, 4) is 0 Å². The van der Waals surface area contributed by atoms with Gasteiger partial charge in [-0.15, -0.1) is 5.10 Å². The molecule has 7 heteroatoms. The van der Waals surface area contributed by atoms with Crippen molar-refractivity contribution in [2.45, 2.75) is 0 Å². The molecule has 7 nitrogen and oxygen atoms in total. The maximum absolute atomic E-state index is 12.1. The molecule has 0 saturated heterocycles. The van der Waals surface area contributed by atoms with E-state index in [1.165, 1.54) is 18.5 Å². The van der Waals surface area contributed by atoms with Gasteiger partial charge in [-0.1, -0.05) is 18.2 Å². The quantitative estimate of drug-likeness (QED) is 0.723. The molecule has 0 saturated carbocycles. The zero-order valence-electron chi connectivity index (χ0n) is 10.3. The highest BCUT2D eigenvalue weighted by atomic mass is 16.2. The molecule has 0 aliphatic carbocycles. The highest BCUT2D eigenvalue weighted by Crippen LogP contribution is 2.20. The summed E-state index contributed by atoms with van der Waals surface area (Å²) in [7, 11) is 0. The second-order valence-electron chi connectivity index (χ2n) is 4.03. The van der Waals surface area contributed by atoms with E-state index in [2.05, 4.69) is 25.5 Å². The number of hydrogen-bond donors (Lipinski definition) is 2. The van der Waals surface area contributed by atoms with Gasteiger partial charge < -0.3 is 5.73 Å². The number of para-hydroxylation sites is 1. The van der Waals surface area contributed by atoms with E-state index in [9.17, 15) is 4.79 Å². The summed E-state index contributed by atoms with van der Waals surface area (Å²) in [5.74, 6) is -0.318. The van der Waals surface area contributed by atoms with Gasteiger partial charge in [0, 0.05) is 11.1 Å². The third-order valence-electron chi connectivity index (χ3n) is 2.69. The zero-order valence-corrected chi connectivity index (χ0v) is 10.3. The minimum absolute atomic E-state index is 0.117. The lowest BCUT2D eigenvalue weighted by molar-refractivity contribution is 0.102. The molecular weight excluding hydrogens is 256 g/mol. The molecule has 2 heterocycles. The Labute approximate surface area is 113 Å². The zero-order chi connectivity index (χ0) is 13.9. The number of aromatic nitrogens is 4. The highest BCUT2D eigenvalue weighted by Gasteiger charge is 2.12. The van der Waals surface area contributed by atoms with Gasteiger partial charge in [-0.25, -0.2) is 9.97 Å². The van der Waals surface area contributed by atoms with Gasteiger partial charge in [-0.3, -0.25) is 10.1 Å². The summed E-state index contributed by atoms with van der Waals surface area (Å²) < 4.78 is 0.